The number of hydrogen-bond donors (Lipinski definition) is 0. The highest BCUT2D eigenvalue weighted by molar-refractivity contribution is 7.97. The van der Waals surface area contributed by atoms with Crippen molar-refractivity contribution >= 4 is 11.8 Å². The van der Waals surface area contributed by atoms with Gasteiger partial charge < -0.3 is 14.0 Å². The van der Waals surface area contributed by atoms with Crippen LogP contribution in [0.2, 0.25) is 0 Å². The van der Waals surface area contributed by atoms with E-state index in [0.29, 0.717) is 23.2 Å². The maximum absolute atomic E-state index is 5.41. The van der Waals surface area contributed by atoms with Crippen LogP contribution in [0.5, 0.6) is 11.5 Å². The van der Waals surface area contributed by atoms with Gasteiger partial charge >= 0.3 is 0 Å². The second-order valence-electron chi connectivity index (χ2n) is 6.00. The summed E-state index contributed by atoms with van der Waals surface area (Å²) in [6, 6.07) is 12.0. The number of aryl methyl sites for hydroxylation is 2. The minimum absolute atomic E-state index is 0.520. The molecule has 0 aliphatic heterocycles. The molecule has 0 bridgehead atoms. The molecule has 2 aromatic carbocycles. The smallest absolute Gasteiger partial charge is 0.236 e. The van der Waals surface area contributed by atoms with Crippen molar-refractivity contribution in [3.63, 3.8) is 0 Å². The highest BCUT2D eigenvalue weighted by atomic mass is 32.2. The Labute approximate surface area is 157 Å². The Bertz CT molecular complexity index is 893. The summed E-state index contributed by atoms with van der Waals surface area (Å²) >= 11 is 1.76. The average molecular weight is 370 g/mol. The lowest BCUT2D eigenvalue weighted by molar-refractivity contribution is 0.388. The van der Waals surface area contributed by atoms with E-state index in [1.54, 1.807) is 32.0 Å². The van der Waals surface area contributed by atoms with E-state index in [4.69, 9.17) is 14.0 Å². The van der Waals surface area contributed by atoms with E-state index in [1.807, 2.05) is 12.1 Å². The minimum atomic E-state index is 0.520. The van der Waals surface area contributed by atoms with Gasteiger partial charge in [0, 0.05) is 11.8 Å². The van der Waals surface area contributed by atoms with E-state index in [1.165, 1.54) is 16.7 Å². The quantitative estimate of drug-likeness (QED) is 0.595. The van der Waals surface area contributed by atoms with Crippen LogP contribution in [0.25, 0.3) is 11.4 Å². The summed E-state index contributed by atoms with van der Waals surface area (Å²) in [5, 5.41) is 4.09. The van der Waals surface area contributed by atoms with Crippen molar-refractivity contribution in [3.05, 3.63) is 59.0 Å². The fraction of sp³-hybridized carbons (Fsp3) is 0.300. The Morgan fingerprint density at radius 1 is 1.00 bits per heavy atom. The van der Waals surface area contributed by atoms with E-state index in [2.05, 4.69) is 42.2 Å². The zero-order chi connectivity index (χ0) is 18.5. The summed E-state index contributed by atoms with van der Waals surface area (Å²) in [5.74, 6) is 4.08. The average Bonchev–Trinajstić information content (AvgIpc) is 3.12. The van der Waals surface area contributed by atoms with Crippen LogP contribution in [0, 0.1) is 13.8 Å². The van der Waals surface area contributed by atoms with Gasteiger partial charge in [0.05, 0.1) is 25.5 Å². The lowest BCUT2D eigenvalue weighted by Gasteiger charge is -2.07. The van der Waals surface area contributed by atoms with E-state index in [-0.39, 0.29) is 0 Å². The van der Waals surface area contributed by atoms with Crippen molar-refractivity contribution in [3.8, 4) is 22.9 Å². The molecule has 1 heterocycles. The van der Waals surface area contributed by atoms with E-state index in [0.717, 1.165) is 17.1 Å². The molecular formula is C20H22N2O3S. The highest BCUT2D eigenvalue weighted by Gasteiger charge is 2.14. The van der Waals surface area contributed by atoms with E-state index in [9.17, 15) is 0 Å². The maximum atomic E-state index is 5.41. The molecule has 0 saturated heterocycles. The van der Waals surface area contributed by atoms with E-state index >= 15 is 0 Å². The summed E-state index contributed by atoms with van der Waals surface area (Å²) in [4.78, 5) is 4.50. The van der Waals surface area contributed by atoms with Gasteiger partial charge in [-0.1, -0.05) is 28.9 Å². The molecule has 0 radical (unpaired) electrons. The number of hydrogen-bond acceptors (Lipinski definition) is 6. The molecule has 0 spiro atoms. The molecule has 26 heavy (non-hydrogen) atoms. The van der Waals surface area contributed by atoms with Gasteiger partial charge in [0.15, 0.2) is 0 Å². The van der Waals surface area contributed by atoms with Crippen LogP contribution in [0.15, 0.2) is 40.9 Å². The summed E-state index contributed by atoms with van der Waals surface area (Å²) in [6.07, 6.45) is 0. The third-order valence-electron chi connectivity index (χ3n) is 4.11. The molecule has 1 aromatic heterocycles. The first-order valence-electron chi connectivity index (χ1n) is 8.29. The van der Waals surface area contributed by atoms with Gasteiger partial charge in [-0.3, -0.25) is 0 Å². The Morgan fingerprint density at radius 3 is 2.62 bits per heavy atom. The Hall–Kier alpha value is -2.47. The second-order valence-corrected chi connectivity index (χ2v) is 6.99. The SMILES string of the molecule is COc1ccc(-c2noc(CSCc3cc(C)ccc3C)n2)c(OC)c1. The van der Waals surface area contributed by atoms with Crippen molar-refractivity contribution in [1.82, 2.24) is 10.1 Å². The second kappa shape index (κ2) is 8.27. The van der Waals surface area contributed by atoms with Crippen molar-refractivity contribution < 1.29 is 14.0 Å². The summed E-state index contributed by atoms with van der Waals surface area (Å²) in [5.41, 5.74) is 4.70. The van der Waals surface area contributed by atoms with Gasteiger partial charge in [-0.15, -0.1) is 11.8 Å². The minimum Gasteiger partial charge on any atom is -0.497 e. The first-order chi connectivity index (χ1) is 12.6. The monoisotopic (exact) mass is 370 g/mol. The van der Waals surface area contributed by atoms with Crippen molar-refractivity contribution in [1.29, 1.82) is 0 Å². The van der Waals surface area contributed by atoms with Gasteiger partial charge in [0.2, 0.25) is 11.7 Å². The molecule has 0 fully saturated rings. The lowest BCUT2D eigenvalue weighted by atomic mass is 10.1. The molecular weight excluding hydrogens is 348 g/mol. The van der Waals surface area contributed by atoms with Crippen LogP contribution in [-0.4, -0.2) is 24.4 Å². The fourth-order valence-electron chi connectivity index (χ4n) is 2.61. The number of ether oxygens (including phenoxy) is 2. The molecule has 0 saturated carbocycles. The highest BCUT2D eigenvalue weighted by Crippen LogP contribution is 2.32. The molecule has 0 N–H and O–H groups in total. The van der Waals surface area contributed by atoms with Crippen LogP contribution in [0.3, 0.4) is 0 Å². The number of methoxy groups -OCH3 is 2. The van der Waals surface area contributed by atoms with Crippen LogP contribution in [0.4, 0.5) is 0 Å². The molecule has 0 unspecified atom stereocenters. The van der Waals surface area contributed by atoms with Crippen LogP contribution >= 0.6 is 11.8 Å². The molecule has 3 aromatic rings. The molecule has 0 aliphatic rings. The number of aromatic nitrogens is 2. The van der Waals surface area contributed by atoms with E-state index < -0.39 is 0 Å². The standard InChI is InChI=1S/C20H22N2O3S/c1-13-5-6-14(2)15(9-13)11-26-12-19-21-20(22-25-19)17-8-7-16(23-3)10-18(17)24-4/h5-10H,11-12H2,1-4H3. The van der Waals surface area contributed by atoms with Crippen LogP contribution in [-0.2, 0) is 11.5 Å². The largest absolute Gasteiger partial charge is 0.497 e. The topological polar surface area (TPSA) is 57.4 Å². The van der Waals surface area contributed by atoms with Crippen molar-refractivity contribution in [2.45, 2.75) is 25.4 Å². The first-order valence-corrected chi connectivity index (χ1v) is 9.45. The van der Waals surface area contributed by atoms with Crippen molar-refractivity contribution in [2.24, 2.45) is 0 Å². The molecule has 0 amide bonds. The van der Waals surface area contributed by atoms with Gasteiger partial charge in [0.25, 0.3) is 0 Å². The molecule has 3 rings (SSSR count). The normalized spacial score (nSPS) is 10.8. The van der Waals surface area contributed by atoms with Crippen LogP contribution < -0.4 is 9.47 Å². The van der Waals surface area contributed by atoms with Gasteiger partial charge in [-0.2, -0.15) is 4.98 Å². The van der Waals surface area contributed by atoms with Gasteiger partial charge in [-0.05, 0) is 37.1 Å². The van der Waals surface area contributed by atoms with Gasteiger partial charge in [0.1, 0.15) is 11.5 Å². The van der Waals surface area contributed by atoms with Crippen LogP contribution in [0.1, 0.15) is 22.6 Å². The number of benzene rings is 2. The zero-order valence-corrected chi connectivity index (χ0v) is 16.2. The predicted molar refractivity (Wildman–Crippen MR) is 104 cm³/mol. The number of thioether (sulfide) groups is 1. The summed E-state index contributed by atoms with van der Waals surface area (Å²) < 4.78 is 16.0. The number of nitrogens with zero attached hydrogens (tertiary/aromatic N) is 2. The Kier molecular flexibility index (Phi) is 5.83. The summed E-state index contributed by atoms with van der Waals surface area (Å²) in [6.45, 7) is 4.25. The molecule has 6 heteroatoms. The Balaban J connectivity index is 1.68. The zero-order valence-electron chi connectivity index (χ0n) is 15.4. The molecule has 5 nitrogen and oxygen atoms in total. The molecule has 0 aliphatic carbocycles. The third-order valence-corrected chi connectivity index (χ3v) is 5.07. The molecule has 0 atom stereocenters. The van der Waals surface area contributed by atoms with Gasteiger partial charge in [-0.25, -0.2) is 0 Å². The lowest BCUT2D eigenvalue weighted by Crippen LogP contribution is -1.92. The first kappa shape index (κ1) is 18.3. The number of rotatable bonds is 7. The maximum Gasteiger partial charge on any atom is 0.236 e. The Morgan fingerprint density at radius 2 is 1.85 bits per heavy atom. The predicted octanol–water partition coefficient (Wildman–Crippen LogP) is 4.80. The molecule has 136 valence electrons. The van der Waals surface area contributed by atoms with Crippen molar-refractivity contribution in [2.75, 3.05) is 14.2 Å². The summed E-state index contributed by atoms with van der Waals surface area (Å²) in [7, 11) is 3.23. The fourth-order valence-corrected chi connectivity index (χ4v) is 3.54. The third kappa shape index (κ3) is 4.19.